The van der Waals surface area contributed by atoms with E-state index in [1.165, 1.54) is 25.9 Å². The van der Waals surface area contributed by atoms with Crippen LogP contribution in [0.15, 0.2) is 0 Å². The van der Waals surface area contributed by atoms with E-state index in [2.05, 4.69) is 11.8 Å². The quantitative estimate of drug-likeness (QED) is 0.726. The molecule has 3 nitrogen and oxygen atoms in total. The SMILES string of the molecule is CCC(O)(CN)CCCN1CCC(C)CC1. The zero-order chi connectivity index (χ0) is 12.0. The summed E-state index contributed by atoms with van der Waals surface area (Å²) < 4.78 is 0. The minimum atomic E-state index is -0.622. The Morgan fingerprint density at radius 1 is 1.38 bits per heavy atom. The maximum absolute atomic E-state index is 10.1. The molecule has 0 spiro atoms. The van der Waals surface area contributed by atoms with Crippen molar-refractivity contribution >= 4 is 0 Å². The Hall–Kier alpha value is -0.120. The van der Waals surface area contributed by atoms with Gasteiger partial charge in [-0.1, -0.05) is 13.8 Å². The Morgan fingerprint density at radius 2 is 2.00 bits per heavy atom. The number of aliphatic hydroxyl groups is 1. The van der Waals surface area contributed by atoms with Crippen LogP contribution in [-0.2, 0) is 0 Å². The van der Waals surface area contributed by atoms with Crippen molar-refractivity contribution in [1.29, 1.82) is 0 Å². The zero-order valence-corrected chi connectivity index (χ0v) is 10.9. The second-order valence-corrected chi connectivity index (χ2v) is 5.41. The Morgan fingerprint density at radius 3 is 2.50 bits per heavy atom. The van der Waals surface area contributed by atoms with Crippen LogP contribution >= 0.6 is 0 Å². The van der Waals surface area contributed by atoms with E-state index in [1.54, 1.807) is 0 Å². The summed E-state index contributed by atoms with van der Waals surface area (Å²) in [6.45, 7) is 8.31. The molecular formula is C13H28N2O. The van der Waals surface area contributed by atoms with Crippen molar-refractivity contribution in [1.82, 2.24) is 4.90 Å². The lowest BCUT2D eigenvalue weighted by Crippen LogP contribution is -2.39. The summed E-state index contributed by atoms with van der Waals surface area (Å²) in [6.07, 6.45) is 5.33. The molecule has 1 fully saturated rings. The minimum absolute atomic E-state index is 0.389. The number of rotatable bonds is 6. The third-order valence-electron chi connectivity index (χ3n) is 4.03. The molecular weight excluding hydrogens is 200 g/mol. The lowest BCUT2D eigenvalue weighted by molar-refractivity contribution is 0.0306. The smallest absolute Gasteiger partial charge is 0.0767 e. The highest BCUT2D eigenvalue weighted by Gasteiger charge is 2.22. The standard InChI is InChI=1S/C13H28N2O/c1-3-13(16,11-14)7-4-8-15-9-5-12(2)6-10-15/h12,16H,3-11,14H2,1-2H3. The third-order valence-corrected chi connectivity index (χ3v) is 4.03. The molecule has 0 aromatic heterocycles. The molecule has 1 aliphatic heterocycles. The first-order chi connectivity index (χ1) is 7.59. The zero-order valence-electron chi connectivity index (χ0n) is 10.9. The molecule has 0 aromatic carbocycles. The fourth-order valence-corrected chi connectivity index (χ4v) is 2.34. The lowest BCUT2D eigenvalue weighted by atomic mass is 9.94. The van der Waals surface area contributed by atoms with E-state index in [9.17, 15) is 5.11 Å². The summed E-state index contributed by atoms with van der Waals surface area (Å²) >= 11 is 0. The number of nitrogens with two attached hydrogens (primary N) is 1. The van der Waals surface area contributed by atoms with Crippen LogP contribution in [0, 0.1) is 5.92 Å². The van der Waals surface area contributed by atoms with Gasteiger partial charge in [0.2, 0.25) is 0 Å². The topological polar surface area (TPSA) is 49.5 Å². The molecule has 3 heteroatoms. The first-order valence-electron chi connectivity index (χ1n) is 6.74. The second-order valence-electron chi connectivity index (χ2n) is 5.41. The molecule has 0 saturated carbocycles. The van der Waals surface area contributed by atoms with Gasteiger partial charge in [0.1, 0.15) is 0 Å². The van der Waals surface area contributed by atoms with Gasteiger partial charge in [-0.05, 0) is 57.7 Å². The molecule has 16 heavy (non-hydrogen) atoms. The van der Waals surface area contributed by atoms with Crippen molar-refractivity contribution < 1.29 is 5.11 Å². The highest BCUT2D eigenvalue weighted by molar-refractivity contribution is 4.78. The van der Waals surface area contributed by atoms with Gasteiger partial charge in [0.05, 0.1) is 5.60 Å². The number of hydrogen-bond acceptors (Lipinski definition) is 3. The van der Waals surface area contributed by atoms with Gasteiger partial charge in [-0.3, -0.25) is 0 Å². The molecule has 0 bridgehead atoms. The molecule has 1 saturated heterocycles. The summed E-state index contributed by atoms with van der Waals surface area (Å²) in [6, 6.07) is 0. The molecule has 1 heterocycles. The van der Waals surface area contributed by atoms with E-state index in [0.29, 0.717) is 6.54 Å². The monoisotopic (exact) mass is 228 g/mol. The highest BCUT2D eigenvalue weighted by atomic mass is 16.3. The summed E-state index contributed by atoms with van der Waals surface area (Å²) in [5, 5.41) is 10.1. The van der Waals surface area contributed by atoms with Gasteiger partial charge in [-0.15, -0.1) is 0 Å². The van der Waals surface area contributed by atoms with Crippen LogP contribution in [0.1, 0.15) is 46.0 Å². The molecule has 0 aromatic rings. The van der Waals surface area contributed by atoms with Crippen molar-refractivity contribution in [2.45, 2.75) is 51.6 Å². The van der Waals surface area contributed by atoms with Gasteiger partial charge >= 0.3 is 0 Å². The second kappa shape index (κ2) is 6.58. The van der Waals surface area contributed by atoms with Crippen LogP contribution in [0.2, 0.25) is 0 Å². The van der Waals surface area contributed by atoms with Crippen LogP contribution in [0.5, 0.6) is 0 Å². The Kier molecular flexibility index (Phi) is 5.73. The van der Waals surface area contributed by atoms with E-state index in [1.807, 2.05) is 6.92 Å². The van der Waals surface area contributed by atoms with E-state index in [4.69, 9.17) is 5.73 Å². The van der Waals surface area contributed by atoms with Crippen molar-refractivity contribution in [3.8, 4) is 0 Å². The van der Waals surface area contributed by atoms with Gasteiger partial charge in [-0.2, -0.15) is 0 Å². The van der Waals surface area contributed by atoms with E-state index < -0.39 is 5.60 Å². The number of likely N-dealkylation sites (tertiary alicyclic amines) is 1. The van der Waals surface area contributed by atoms with Gasteiger partial charge in [-0.25, -0.2) is 0 Å². The predicted molar refractivity (Wildman–Crippen MR) is 68.4 cm³/mol. The summed E-state index contributed by atoms with van der Waals surface area (Å²) in [5.74, 6) is 0.896. The first-order valence-corrected chi connectivity index (χ1v) is 6.74. The Labute approximate surface area is 100 Å². The van der Waals surface area contributed by atoms with Crippen molar-refractivity contribution in [3.63, 3.8) is 0 Å². The first kappa shape index (κ1) is 13.9. The van der Waals surface area contributed by atoms with Crippen molar-refractivity contribution in [3.05, 3.63) is 0 Å². The molecule has 0 radical (unpaired) electrons. The van der Waals surface area contributed by atoms with Crippen LogP contribution in [0.3, 0.4) is 0 Å². The van der Waals surface area contributed by atoms with Crippen LogP contribution in [0.4, 0.5) is 0 Å². The third kappa shape index (κ3) is 4.40. The fourth-order valence-electron chi connectivity index (χ4n) is 2.34. The maximum Gasteiger partial charge on any atom is 0.0767 e. The van der Waals surface area contributed by atoms with Gasteiger partial charge < -0.3 is 15.7 Å². The number of piperidine rings is 1. The average Bonchev–Trinajstić information content (AvgIpc) is 2.31. The normalized spacial score (nSPS) is 23.2. The number of nitrogens with zero attached hydrogens (tertiary/aromatic N) is 1. The van der Waals surface area contributed by atoms with Gasteiger partial charge in [0.15, 0.2) is 0 Å². The summed E-state index contributed by atoms with van der Waals surface area (Å²) in [5.41, 5.74) is 4.97. The van der Waals surface area contributed by atoms with Crippen LogP contribution < -0.4 is 5.73 Å². The number of hydrogen-bond donors (Lipinski definition) is 2. The molecule has 1 unspecified atom stereocenters. The van der Waals surface area contributed by atoms with Crippen molar-refractivity contribution in [2.75, 3.05) is 26.2 Å². The molecule has 3 N–H and O–H groups in total. The van der Waals surface area contributed by atoms with Gasteiger partial charge in [0.25, 0.3) is 0 Å². The largest absolute Gasteiger partial charge is 0.389 e. The van der Waals surface area contributed by atoms with E-state index in [-0.39, 0.29) is 0 Å². The maximum atomic E-state index is 10.1. The molecule has 1 rings (SSSR count). The minimum Gasteiger partial charge on any atom is -0.389 e. The molecule has 0 aliphatic carbocycles. The molecule has 1 atom stereocenters. The Balaban J connectivity index is 2.15. The van der Waals surface area contributed by atoms with Crippen LogP contribution in [-0.4, -0.2) is 41.8 Å². The van der Waals surface area contributed by atoms with E-state index >= 15 is 0 Å². The van der Waals surface area contributed by atoms with Crippen LogP contribution in [0.25, 0.3) is 0 Å². The highest BCUT2D eigenvalue weighted by Crippen LogP contribution is 2.19. The fraction of sp³-hybridized carbons (Fsp3) is 1.00. The molecule has 96 valence electrons. The lowest BCUT2D eigenvalue weighted by Gasteiger charge is -2.31. The average molecular weight is 228 g/mol. The molecule has 0 amide bonds. The molecule has 1 aliphatic rings. The van der Waals surface area contributed by atoms with E-state index in [0.717, 1.165) is 31.7 Å². The predicted octanol–water partition coefficient (Wildman–Crippen LogP) is 1.60. The van der Waals surface area contributed by atoms with Crippen molar-refractivity contribution in [2.24, 2.45) is 11.7 Å². The van der Waals surface area contributed by atoms with Gasteiger partial charge in [0, 0.05) is 6.54 Å². The Bertz CT molecular complexity index is 184. The summed E-state index contributed by atoms with van der Waals surface area (Å²) in [4.78, 5) is 2.52. The summed E-state index contributed by atoms with van der Waals surface area (Å²) in [7, 11) is 0.